The number of nitrogens with zero attached hydrogens (tertiary/aromatic N) is 1. The van der Waals surface area contributed by atoms with Crippen molar-refractivity contribution in [2.24, 2.45) is 0 Å². The topological polar surface area (TPSA) is 102 Å². The number of hydrogen-bond acceptors (Lipinski definition) is 7. The Hall–Kier alpha value is -5.21. The summed E-state index contributed by atoms with van der Waals surface area (Å²) in [5, 5.41) is 2.67. The van der Waals surface area contributed by atoms with Crippen LogP contribution in [0.4, 0.5) is 11.4 Å². The maximum Gasteiger partial charge on any atom is 0.343 e. The molecule has 0 saturated carbocycles. The van der Waals surface area contributed by atoms with E-state index in [1.54, 1.807) is 24.3 Å². The number of imide groups is 1. The minimum atomic E-state index is -0.621. The van der Waals surface area contributed by atoms with Crippen LogP contribution in [0, 0.1) is 13.8 Å². The van der Waals surface area contributed by atoms with Crippen LogP contribution in [0.1, 0.15) is 37.4 Å². The number of esters is 2. The van der Waals surface area contributed by atoms with E-state index in [4.69, 9.17) is 21.1 Å². The summed E-state index contributed by atoms with van der Waals surface area (Å²) in [6, 6.07) is 26.9. The van der Waals surface area contributed by atoms with Crippen LogP contribution in [0.2, 0.25) is 0 Å². The number of hydrogen-bond donors (Lipinski definition) is 1. The lowest BCUT2D eigenvalue weighted by atomic mass is 10.1. The first-order valence-corrected chi connectivity index (χ1v) is 13.3. The van der Waals surface area contributed by atoms with Gasteiger partial charge in [0.25, 0.3) is 11.8 Å². The van der Waals surface area contributed by atoms with Crippen LogP contribution in [-0.2, 0) is 20.9 Å². The molecule has 1 N–H and O–H groups in total. The number of anilines is 2. The standard InChI is InChI=1S/C33H25ClN2O6/c1-20-16-21(2)18-26(17-20)36-30(37)28(34)29(31(36)38)35-25-12-8-24(9-13-25)33(40)42-27-14-10-23(11-15-27)32(39)41-19-22-6-4-3-5-7-22/h3-18,35H,19H2,1-2H3. The van der Waals surface area contributed by atoms with Crippen molar-refractivity contribution in [3.8, 4) is 5.75 Å². The zero-order chi connectivity index (χ0) is 29.8. The predicted molar refractivity (Wildman–Crippen MR) is 158 cm³/mol. The summed E-state index contributed by atoms with van der Waals surface area (Å²) >= 11 is 6.25. The summed E-state index contributed by atoms with van der Waals surface area (Å²) in [6.07, 6.45) is 0. The molecule has 0 atom stereocenters. The molecule has 0 bridgehead atoms. The van der Waals surface area contributed by atoms with Crippen molar-refractivity contribution in [2.45, 2.75) is 20.5 Å². The number of halogens is 1. The van der Waals surface area contributed by atoms with Crippen LogP contribution in [0.15, 0.2) is 108 Å². The molecule has 0 spiro atoms. The fraction of sp³-hybridized carbons (Fsp3) is 0.0909. The van der Waals surface area contributed by atoms with Crippen molar-refractivity contribution < 1.29 is 28.7 Å². The number of rotatable bonds is 8. The average Bonchev–Trinajstić information content (AvgIpc) is 3.19. The normalized spacial score (nSPS) is 12.9. The van der Waals surface area contributed by atoms with Gasteiger partial charge in [0.05, 0.1) is 16.8 Å². The summed E-state index contributed by atoms with van der Waals surface area (Å²) in [6.45, 7) is 3.91. The van der Waals surface area contributed by atoms with Gasteiger partial charge in [-0.2, -0.15) is 0 Å². The summed E-state index contributed by atoms with van der Waals surface area (Å²) < 4.78 is 10.7. The van der Waals surface area contributed by atoms with Crippen molar-refractivity contribution >= 4 is 46.7 Å². The van der Waals surface area contributed by atoms with Gasteiger partial charge in [-0.3, -0.25) is 9.59 Å². The highest BCUT2D eigenvalue weighted by Crippen LogP contribution is 2.31. The summed E-state index contributed by atoms with van der Waals surface area (Å²) in [5.41, 5.74) is 4.08. The first-order valence-electron chi connectivity index (χ1n) is 13.0. The third-order valence-corrected chi connectivity index (χ3v) is 6.75. The highest BCUT2D eigenvalue weighted by Gasteiger charge is 2.39. The SMILES string of the molecule is Cc1cc(C)cc(N2C(=O)C(Cl)=C(Nc3ccc(C(=O)Oc4ccc(C(=O)OCc5ccccc5)cc4)cc3)C2=O)c1. The minimum Gasteiger partial charge on any atom is -0.457 e. The molecule has 42 heavy (non-hydrogen) atoms. The van der Waals surface area contributed by atoms with Gasteiger partial charge in [-0.1, -0.05) is 48.0 Å². The van der Waals surface area contributed by atoms with E-state index in [2.05, 4.69) is 5.32 Å². The fourth-order valence-electron chi connectivity index (χ4n) is 4.39. The lowest BCUT2D eigenvalue weighted by Crippen LogP contribution is -2.32. The number of nitrogens with one attached hydrogen (secondary N) is 1. The first-order chi connectivity index (χ1) is 20.2. The molecule has 210 valence electrons. The molecule has 0 aromatic heterocycles. The average molecular weight is 581 g/mol. The molecule has 1 aliphatic heterocycles. The second kappa shape index (κ2) is 12.1. The van der Waals surface area contributed by atoms with Gasteiger partial charge in [0.15, 0.2) is 0 Å². The Morgan fingerprint density at radius 2 is 1.36 bits per heavy atom. The number of ether oxygens (including phenoxy) is 2. The number of carbonyl (C=O) groups excluding carboxylic acids is 4. The second-order valence-electron chi connectivity index (χ2n) is 9.66. The van der Waals surface area contributed by atoms with Gasteiger partial charge in [0.2, 0.25) is 0 Å². The van der Waals surface area contributed by atoms with Crippen LogP contribution >= 0.6 is 11.6 Å². The minimum absolute atomic E-state index is 0.0569. The van der Waals surface area contributed by atoms with Crippen molar-refractivity contribution in [3.05, 3.63) is 136 Å². The molecule has 0 saturated heterocycles. The molecule has 4 aromatic rings. The number of benzene rings is 4. The Bertz CT molecular complexity index is 1690. The van der Waals surface area contributed by atoms with E-state index in [1.165, 1.54) is 36.4 Å². The lowest BCUT2D eigenvalue weighted by Gasteiger charge is -2.16. The van der Waals surface area contributed by atoms with Crippen molar-refractivity contribution in [1.29, 1.82) is 0 Å². The van der Waals surface area contributed by atoms with Crippen LogP contribution in [0.5, 0.6) is 5.75 Å². The van der Waals surface area contributed by atoms with E-state index >= 15 is 0 Å². The number of carbonyl (C=O) groups is 4. The molecule has 0 unspecified atom stereocenters. The number of amides is 2. The second-order valence-corrected chi connectivity index (χ2v) is 10.0. The third kappa shape index (κ3) is 6.24. The Morgan fingerprint density at radius 3 is 2.00 bits per heavy atom. The van der Waals surface area contributed by atoms with Gasteiger partial charge in [-0.25, -0.2) is 14.5 Å². The molecule has 8 nitrogen and oxygen atoms in total. The first kappa shape index (κ1) is 28.3. The Morgan fingerprint density at radius 1 is 0.762 bits per heavy atom. The van der Waals surface area contributed by atoms with Gasteiger partial charge < -0.3 is 14.8 Å². The van der Waals surface area contributed by atoms with E-state index in [0.717, 1.165) is 21.6 Å². The summed E-state index contributed by atoms with van der Waals surface area (Å²) in [7, 11) is 0. The van der Waals surface area contributed by atoms with Gasteiger partial charge in [-0.05, 0) is 91.2 Å². The van der Waals surface area contributed by atoms with Crippen LogP contribution in [0.25, 0.3) is 0 Å². The molecule has 1 aliphatic rings. The van der Waals surface area contributed by atoms with Gasteiger partial charge in [-0.15, -0.1) is 0 Å². The smallest absolute Gasteiger partial charge is 0.343 e. The van der Waals surface area contributed by atoms with Crippen LogP contribution < -0.4 is 15.0 Å². The Balaban J connectivity index is 1.19. The molecule has 4 aromatic carbocycles. The maximum atomic E-state index is 13.1. The Kier molecular flexibility index (Phi) is 8.17. The summed E-state index contributed by atoms with van der Waals surface area (Å²) in [4.78, 5) is 51.9. The van der Waals surface area contributed by atoms with Crippen molar-refractivity contribution in [3.63, 3.8) is 0 Å². The van der Waals surface area contributed by atoms with Crippen molar-refractivity contribution in [1.82, 2.24) is 0 Å². The molecule has 1 heterocycles. The molecular weight excluding hydrogens is 556 g/mol. The summed E-state index contributed by atoms with van der Waals surface area (Å²) in [5.74, 6) is -2.06. The molecule has 0 radical (unpaired) electrons. The molecule has 0 aliphatic carbocycles. The predicted octanol–water partition coefficient (Wildman–Crippen LogP) is 6.32. The van der Waals surface area contributed by atoms with E-state index in [0.29, 0.717) is 16.9 Å². The largest absolute Gasteiger partial charge is 0.457 e. The van der Waals surface area contributed by atoms with E-state index in [-0.39, 0.29) is 28.6 Å². The molecule has 2 amide bonds. The highest BCUT2D eigenvalue weighted by molar-refractivity contribution is 6.53. The van der Waals surface area contributed by atoms with E-state index < -0.39 is 23.8 Å². The third-order valence-electron chi connectivity index (χ3n) is 6.40. The van der Waals surface area contributed by atoms with Gasteiger partial charge in [0.1, 0.15) is 23.1 Å². The molecule has 9 heteroatoms. The number of aryl methyl sites for hydroxylation is 2. The molecule has 0 fully saturated rings. The van der Waals surface area contributed by atoms with Crippen LogP contribution in [0.3, 0.4) is 0 Å². The van der Waals surface area contributed by atoms with E-state index in [9.17, 15) is 19.2 Å². The molecule has 5 rings (SSSR count). The zero-order valence-corrected chi connectivity index (χ0v) is 23.5. The van der Waals surface area contributed by atoms with Gasteiger partial charge >= 0.3 is 11.9 Å². The monoisotopic (exact) mass is 580 g/mol. The van der Waals surface area contributed by atoms with E-state index in [1.807, 2.05) is 50.2 Å². The molecular formula is C33H25ClN2O6. The van der Waals surface area contributed by atoms with Crippen LogP contribution in [-0.4, -0.2) is 23.8 Å². The zero-order valence-electron chi connectivity index (χ0n) is 22.7. The quantitative estimate of drug-likeness (QED) is 0.148. The Labute approximate surface area is 247 Å². The maximum absolute atomic E-state index is 13.1. The highest BCUT2D eigenvalue weighted by atomic mass is 35.5. The fourth-order valence-corrected chi connectivity index (χ4v) is 4.60. The van der Waals surface area contributed by atoms with Crippen molar-refractivity contribution in [2.75, 3.05) is 10.2 Å². The van der Waals surface area contributed by atoms with Gasteiger partial charge in [0, 0.05) is 5.69 Å². The lowest BCUT2D eigenvalue weighted by molar-refractivity contribution is -0.120.